The summed E-state index contributed by atoms with van der Waals surface area (Å²) < 4.78 is 22.7. The largest absolute Gasteiger partial charge is 0.357 e. The van der Waals surface area contributed by atoms with Crippen molar-refractivity contribution in [3.05, 3.63) is 42.1 Å². The molecule has 3 N–H and O–H groups in total. The minimum atomic E-state index is -3.67. The Bertz CT molecular complexity index is 761. The lowest BCUT2D eigenvalue weighted by Crippen LogP contribution is -2.27. The summed E-state index contributed by atoms with van der Waals surface area (Å²) in [6, 6.07) is 10.6. The maximum absolute atomic E-state index is 11.3. The third kappa shape index (κ3) is 4.08. The number of hydrogen-bond acceptors (Lipinski definition) is 6. The Hall–Kier alpha value is -1.48. The fourth-order valence-electron chi connectivity index (χ4n) is 2.84. The summed E-state index contributed by atoms with van der Waals surface area (Å²) in [6.45, 7) is 5.01. The fraction of sp³-hybridized carbons (Fsp3) is 0.400. The van der Waals surface area contributed by atoms with Crippen LogP contribution in [0, 0.1) is 5.92 Å². The van der Waals surface area contributed by atoms with Gasteiger partial charge in [-0.05, 0) is 11.5 Å². The summed E-state index contributed by atoms with van der Waals surface area (Å²) in [5, 5.41) is 9.07. The Morgan fingerprint density at radius 1 is 1.35 bits per heavy atom. The third-order valence-corrected chi connectivity index (χ3v) is 6.35. The van der Waals surface area contributed by atoms with Crippen LogP contribution >= 0.6 is 11.3 Å². The molecule has 0 bridgehead atoms. The molecule has 1 aromatic carbocycles. The van der Waals surface area contributed by atoms with Gasteiger partial charge in [-0.3, -0.25) is 4.90 Å². The van der Waals surface area contributed by atoms with Crippen molar-refractivity contribution in [1.29, 1.82) is 0 Å². The second-order valence-corrected chi connectivity index (χ2v) is 8.76. The minimum absolute atomic E-state index is 0.0896. The molecule has 1 aliphatic heterocycles. The van der Waals surface area contributed by atoms with Crippen LogP contribution in [0.5, 0.6) is 0 Å². The molecule has 2 heterocycles. The summed E-state index contributed by atoms with van der Waals surface area (Å²) >= 11 is 1.08. The van der Waals surface area contributed by atoms with Crippen LogP contribution in [0.1, 0.15) is 12.5 Å². The van der Waals surface area contributed by atoms with Crippen molar-refractivity contribution in [2.24, 2.45) is 11.1 Å². The molecule has 0 spiro atoms. The van der Waals surface area contributed by atoms with E-state index in [1.165, 1.54) is 11.8 Å². The second kappa shape index (κ2) is 6.56. The molecule has 0 amide bonds. The lowest BCUT2D eigenvalue weighted by Gasteiger charge is -2.16. The van der Waals surface area contributed by atoms with E-state index in [-0.39, 0.29) is 10.3 Å². The standard InChI is InChI=1S/C15H20N4O2S2/c1-11-8-19(9-12-5-3-2-4-6-12)10-13(11)18-15-17-7-14(22-15)23(16,20)21/h2-7,11,13H,8-10H2,1H3,(H,17,18)(H2,16,20,21). The van der Waals surface area contributed by atoms with Crippen LogP contribution in [0.15, 0.2) is 40.7 Å². The van der Waals surface area contributed by atoms with Gasteiger partial charge in [0.25, 0.3) is 0 Å². The quantitative estimate of drug-likeness (QED) is 0.855. The number of rotatable bonds is 5. The normalized spacial score (nSPS) is 22.3. The van der Waals surface area contributed by atoms with Gasteiger partial charge in [0, 0.05) is 25.7 Å². The molecule has 2 unspecified atom stereocenters. The van der Waals surface area contributed by atoms with E-state index in [0.29, 0.717) is 11.0 Å². The number of hydrogen-bond donors (Lipinski definition) is 2. The first-order chi connectivity index (χ1) is 10.9. The highest BCUT2D eigenvalue weighted by atomic mass is 32.2. The van der Waals surface area contributed by atoms with Gasteiger partial charge in [-0.25, -0.2) is 18.5 Å². The van der Waals surface area contributed by atoms with Gasteiger partial charge < -0.3 is 5.32 Å². The zero-order chi connectivity index (χ0) is 16.4. The molecule has 6 nitrogen and oxygen atoms in total. The van der Waals surface area contributed by atoms with Gasteiger partial charge in [0.15, 0.2) is 9.34 Å². The zero-order valence-electron chi connectivity index (χ0n) is 12.8. The molecule has 0 radical (unpaired) electrons. The molecule has 1 saturated heterocycles. The number of likely N-dealkylation sites (tertiary alicyclic amines) is 1. The van der Waals surface area contributed by atoms with E-state index in [2.05, 4.69) is 46.4 Å². The Morgan fingerprint density at radius 2 is 2.09 bits per heavy atom. The predicted molar refractivity (Wildman–Crippen MR) is 91.8 cm³/mol. The van der Waals surface area contributed by atoms with E-state index >= 15 is 0 Å². The molecule has 1 aromatic heterocycles. The first-order valence-corrected chi connectivity index (χ1v) is 9.79. The molecule has 1 aliphatic rings. The number of nitrogens with two attached hydrogens (primary N) is 1. The number of primary sulfonamides is 1. The lowest BCUT2D eigenvalue weighted by atomic mass is 10.1. The molecule has 2 aromatic rings. The maximum Gasteiger partial charge on any atom is 0.249 e. The first kappa shape index (κ1) is 16.4. The molecular weight excluding hydrogens is 332 g/mol. The number of anilines is 1. The van der Waals surface area contributed by atoms with Crippen LogP contribution in [0.3, 0.4) is 0 Å². The number of sulfonamides is 1. The van der Waals surface area contributed by atoms with Crippen LogP contribution in [0.25, 0.3) is 0 Å². The third-order valence-electron chi connectivity index (χ3n) is 4.01. The van der Waals surface area contributed by atoms with Crippen LogP contribution in [-0.4, -0.2) is 37.4 Å². The predicted octanol–water partition coefficient (Wildman–Crippen LogP) is 1.72. The average molecular weight is 352 g/mol. The minimum Gasteiger partial charge on any atom is -0.357 e. The Kier molecular flexibility index (Phi) is 4.67. The van der Waals surface area contributed by atoms with Gasteiger partial charge in [-0.15, -0.1) is 0 Å². The van der Waals surface area contributed by atoms with Crippen molar-refractivity contribution in [3.63, 3.8) is 0 Å². The average Bonchev–Trinajstić information content (AvgIpc) is 3.08. The number of aromatic nitrogens is 1. The molecule has 0 saturated carbocycles. The summed E-state index contributed by atoms with van der Waals surface area (Å²) in [4.78, 5) is 6.51. The van der Waals surface area contributed by atoms with Crippen LogP contribution in [0.2, 0.25) is 0 Å². The molecule has 0 aliphatic carbocycles. The number of thiazole rings is 1. The number of benzene rings is 1. The number of nitrogens with zero attached hydrogens (tertiary/aromatic N) is 2. The van der Waals surface area contributed by atoms with Gasteiger partial charge in [-0.2, -0.15) is 0 Å². The van der Waals surface area contributed by atoms with Gasteiger partial charge in [-0.1, -0.05) is 48.6 Å². The van der Waals surface area contributed by atoms with Crippen molar-refractivity contribution in [1.82, 2.24) is 9.88 Å². The highest BCUT2D eigenvalue weighted by Gasteiger charge is 2.30. The maximum atomic E-state index is 11.3. The molecule has 3 rings (SSSR count). The Morgan fingerprint density at radius 3 is 2.74 bits per heavy atom. The zero-order valence-corrected chi connectivity index (χ0v) is 14.5. The molecule has 1 fully saturated rings. The molecular formula is C15H20N4O2S2. The van der Waals surface area contributed by atoms with Crippen LogP contribution in [0.4, 0.5) is 5.13 Å². The molecule has 2 atom stereocenters. The smallest absolute Gasteiger partial charge is 0.249 e. The van der Waals surface area contributed by atoms with E-state index in [9.17, 15) is 8.42 Å². The summed E-state index contributed by atoms with van der Waals surface area (Å²) in [5.74, 6) is 0.459. The topological polar surface area (TPSA) is 88.3 Å². The van der Waals surface area contributed by atoms with Crippen LogP contribution in [-0.2, 0) is 16.6 Å². The lowest BCUT2D eigenvalue weighted by molar-refractivity contribution is 0.319. The second-order valence-electron chi connectivity index (χ2n) is 5.94. The molecule has 23 heavy (non-hydrogen) atoms. The van der Waals surface area contributed by atoms with Crippen molar-refractivity contribution in [2.45, 2.75) is 23.7 Å². The van der Waals surface area contributed by atoms with Crippen molar-refractivity contribution >= 4 is 26.5 Å². The van der Waals surface area contributed by atoms with Gasteiger partial charge in [0.05, 0.1) is 6.20 Å². The van der Waals surface area contributed by atoms with E-state index in [0.717, 1.165) is 31.0 Å². The van der Waals surface area contributed by atoms with Gasteiger partial charge in [0.2, 0.25) is 10.0 Å². The highest BCUT2D eigenvalue weighted by molar-refractivity contribution is 7.91. The van der Waals surface area contributed by atoms with Crippen LogP contribution < -0.4 is 10.5 Å². The van der Waals surface area contributed by atoms with Crippen molar-refractivity contribution in [3.8, 4) is 0 Å². The molecule has 8 heteroatoms. The summed E-state index contributed by atoms with van der Waals surface area (Å²) in [6.07, 6.45) is 1.31. The van der Waals surface area contributed by atoms with E-state index in [4.69, 9.17) is 5.14 Å². The Balaban J connectivity index is 1.62. The number of nitrogens with one attached hydrogen (secondary N) is 1. The first-order valence-electron chi connectivity index (χ1n) is 7.43. The van der Waals surface area contributed by atoms with Crippen molar-refractivity contribution in [2.75, 3.05) is 18.4 Å². The van der Waals surface area contributed by atoms with Crippen molar-refractivity contribution < 1.29 is 8.42 Å². The Labute approximate surface area is 140 Å². The fourth-order valence-corrected chi connectivity index (χ4v) is 4.35. The highest BCUT2D eigenvalue weighted by Crippen LogP contribution is 2.26. The van der Waals surface area contributed by atoms with Gasteiger partial charge >= 0.3 is 0 Å². The summed E-state index contributed by atoms with van der Waals surface area (Å²) in [7, 11) is -3.67. The monoisotopic (exact) mass is 352 g/mol. The SMILES string of the molecule is CC1CN(Cc2ccccc2)CC1Nc1ncc(S(N)(=O)=O)s1. The summed E-state index contributed by atoms with van der Waals surface area (Å²) in [5.41, 5.74) is 1.30. The molecule has 124 valence electrons. The van der Waals surface area contributed by atoms with E-state index in [1.807, 2.05) is 6.07 Å². The van der Waals surface area contributed by atoms with E-state index < -0.39 is 10.0 Å². The van der Waals surface area contributed by atoms with E-state index in [1.54, 1.807) is 0 Å². The van der Waals surface area contributed by atoms with Gasteiger partial charge in [0.1, 0.15) is 0 Å².